The Morgan fingerprint density at radius 2 is 1.87 bits per heavy atom. The van der Waals surface area contributed by atoms with Crippen LogP contribution in [0, 0.1) is 5.92 Å². The van der Waals surface area contributed by atoms with Crippen LogP contribution in [0.3, 0.4) is 0 Å². The third-order valence-electron chi connectivity index (χ3n) is 4.28. The summed E-state index contributed by atoms with van der Waals surface area (Å²) in [5.41, 5.74) is 0. The van der Waals surface area contributed by atoms with Crippen LogP contribution < -0.4 is 5.32 Å². The van der Waals surface area contributed by atoms with Crippen LogP contribution in [-0.2, 0) is 0 Å². The highest BCUT2D eigenvalue weighted by atomic mass is 15.2. The van der Waals surface area contributed by atoms with Crippen LogP contribution in [0.1, 0.15) is 45.4 Å². The Morgan fingerprint density at radius 3 is 2.47 bits per heavy atom. The van der Waals surface area contributed by atoms with E-state index in [1.165, 1.54) is 51.6 Å². The molecule has 1 atom stereocenters. The molecule has 1 aliphatic carbocycles. The summed E-state index contributed by atoms with van der Waals surface area (Å²) in [6, 6.07) is 1.64. The fraction of sp³-hybridized carbons (Fsp3) is 1.00. The number of nitrogens with zero attached hydrogens (tertiary/aromatic N) is 1. The smallest absolute Gasteiger partial charge is 0.0195 e. The lowest BCUT2D eigenvalue weighted by atomic mass is 9.86. The molecule has 1 saturated carbocycles. The molecule has 2 nitrogen and oxygen atoms in total. The average molecular weight is 210 g/mol. The first-order valence-corrected chi connectivity index (χ1v) is 6.69. The van der Waals surface area contributed by atoms with Crippen LogP contribution in [0.15, 0.2) is 0 Å². The van der Waals surface area contributed by atoms with Crippen molar-refractivity contribution in [1.82, 2.24) is 10.2 Å². The minimum absolute atomic E-state index is 0.773. The van der Waals surface area contributed by atoms with Gasteiger partial charge in [0.1, 0.15) is 0 Å². The summed E-state index contributed by atoms with van der Waals surface area (Å²) in [6.45, 7) is 4.90. The van der Waals surface area contributed by atoms with Crippen molar-refractivity contribution < 1.29 is 0 Å². The zero-order valence-electron chi connectivity index (χ0n) is 10.3. The Morgan fingerprint density at radius 1 is 1.13 bits per heavy atom. The van der Waals surface area contributed by atoms with Crippen molar-refractivity contribution in [2.24, 2.45) is 5.92 Å². The van der Waals surface area contributed by atoms with Gasteiger partial charge < -0.3 is 10.2 Å². The molecule has 0 aromatic carbocycles. The maximum atomic E-state index is 3.59. The number of likely N-dealkylation sites (N-methyl/N-ethyl adjacent to an activating group) is 1. The zero-order chi connectivity index (χ0) is 10.7. The SMILES string of the molecule is CC1CCC(N(C)C[C@H]2CCCN2)CC1. The number of hydrogen-bond donors (Lipinski definition) is 1. The van der Waals surface area contributed by atoms with Gasteiger partial charge in [0, 0.05) is 18.6 Å². The van der Waals surface area contributed by atoms with Gasteiger partial charge in [0.2, 0.25) is 0 Å². The van der Waals surface area contributed by atoms with Gasteiger partial charge >= 0.3 is 0 Å². The van der Waals surface area contributed by atoms with E-state index in [9.17, 15) is 0 Å². The molecule has 0 unspecified atom stereocenters. The zero-order valence-corrected chi connectivity index (χ0v) is 10.3. The quantitative estimate of drug-likeness (QED) is 0.768. The first-order valence-electron chi connectivity index (χ1n) is 6.69. The normalized spacial score (nSPS) is 37.4. The number of rotatable bonds is 3. The second-order valence-electron chi connectivity index (χ2n) is 5.65. The van der Waals surface area contributed by atoms with Gasteiger partial charge in [0.15, 0.2) is 0 Å². The second-order valence-corrected chi connectivity index (χ2v) is 5.65. The molecule has 1 aliphatic heterocycles. The van der Waals surface area contributed by atoms with E-state index in [0.29, 0.717) is 0 Å². The van der Waals surface area contributed by atoms with Crippen LogP contribution in [0.2, 0.25) is 0 Å². The van der Waals surface area contributed by atoms with E-state index in [2.05, 4.69) is 24.2 Å². The standard InChI is InChI=1S/C13H26N2/c1-11-5-7-13(8-6-11)15(2)10-12-4-3-9-14-12/h11-14H,3-10H2,1-2H3/t11?,12-,13?/m1/s1. The van der Waals surface area contributed by atoms with Crippen LogP contribution >= 0.6 is 0 Å². The van der Waals surface area contributed by atoms with Crippen molar-refractivity contribution in [3.63, 3.8) is 0 Å². The maximum absolute atomic E-state index is 3.59. The molecule has 0 aromatic rings. The number of nitrogens with one attached hydrogen (secondary N) is 1. The highest BCUT2D eigenvalue weighted by molar-refractivity contribution is 4.82. The molecule has 1 heterocycles. The molecule has 2 rings (SSSR count). The fourth-order valence-electron chi connectivity index (χ4n) is 3.09. The van der Waals surface area contributed by atoms with Crippen LogP contribution in [0.5, 0.6) is 0 Å². The largest absolute Gasteiger partial charge is 0.313 e. The lowest BCUT2D eigenvalue weighted by molar-refractivity contribution is 0.159. The van der Waals surface area contributed by atoms with E-state index in [-0.39, 0.29) is 0 Å². The molecule has 15 heavy (non-hydrogen) atoms. The molecule has 2 heteroatoms. The molecule has 88 valence electrons. The summed E-state index contributed by atoms with van der Waals surface area (Å²) >= 11 is 0. The van der Waals surface area contributed by atoms with Crippen molar-refractivity contribution in [2.45, 2.75) is 57.5 Å². The second kappa shape index (κ2) is 5.31. The van der Waals surface area contributed by atoms with E-state index in [4.69, 9.17) is 0 Å². The summed E-state index contributed by atoms with van der Waals surface area (Å²) in [7, 11) is 2.32. The van der Waals surface area contributed by atoms with Gasteiger partial charge in [-0.1, -0.05) is 6.92 Å². The monoisotopic (exact) mass is 210 g/mol. The maximum Gasteiger partial charge on any atom is 0.0195 e. The fourth-order valence-corrected chi connectivity index (χ4v) is 3.09. The molecule has 2 fully saturated rings. The van der Waals surface area contributed by atoms with Crippen molar-refractivity contribution in [2.75, 3.05) is 20.1 Å². The summed E-state index contributed by atoms with van der Waals surface area (Å²) in [6.07, 6.45) is 8.47. The molecule has 0 spiro atoms. The van der Waals surface area contributed by atoms with Crippen LogP contribution in [-0.4, -0.2) is 37.1 Å². The van der Waals surface area contributed by atoms with Crippen molar-refractivity contribution in [1.29, 1.82) is 0 Å². The third kappa shape index (κ3) is 3.18. The van der Waals surface area contributed by atoms with Crippen LogP contribution in [0.25, 0.3) is 0 Å². The van der Waals surface area contributed by atoms with E-state index in [0.717, 1.165) is 18.0 Å². The summed E-state index contributed by atoms with van der Waals surface area (Å²) in [5.74, 6) is 0.972. The lowest BCUT2D eigenvalue weighted by Crippen LogP contribution is -2.42. The Bertz CT molecular complexity index is 179. The summed E-state index contributed by atoms with van der Waals surface area (Å²) in [4.78, 5) is 2.61. The summed E-state index contributed by atoms with van der Waals surface area (Å²) < 4.78 is 0. The topological polar surface area (TPSA) is 15.3 Å². The Kier molecular flexibility index (Phi) is 4.04. The molecule has 0 amide bonds. The predicted molar refractivity (Wildman–Crippen MR) is 65.1 cm³/mol. The highest BCUT2D eigenvalue weighted by Crippen LogP contribution is 2.26. The van der Waals surface area contributed by atoms with E-state index in [1.807, 2.05) is 0 Å². The van der Waals surface area contributed by atoms with Crippen molar-refractivity contribution in [3.8, 4) is 0 Å². The molecule has 2 aliphatic rings. The Balaban J connectivity index is 1.72. The van der Waals surface area contributed by atoms with Gasteiger partial charge in [-0.3, -0.25) is 0 Å². The molecular weight excluding hydrogens is 184 g/mol. The van der Waals surface area contributed by atoms with Gasteiger partial charge in [0.25, 0.3) is 0 Å². The Labute approximate surface area is 94.4 Å². The number of hydrogen-bond acceptors (Lipinski definition) is 2. The molecule has 1 N–H and O–H groups in total. The van der Waals surface area contributed by atoms with Gasteiger partial charge in [0.05, 0.1) is 0 Å². The van der Waals surface area contributed by atoms with Gasteiger partial charge in [-0.05, 0) is 58.0 Å². The first-order chi connectivity index (χ1) is 7.25. The van der Waals surface area contributed by atoms with Crippen LogP contribution in [0.4, 0.5) is 0 Å². The van der Waals surface area contributed by atoms with Crippen molar-refractivity contribution >= 4 is 0 Å². The lowest BCUT2D eigenvalue weighted by Gasteiger charge is -2.35. The van der Waals surface area contributed by atoms with E-state index < -0.39 is 0 Å². The third-order valence-corrected chi connectivity index (χ3v) is 4.28. The summed E-state index contributed by atoms with van der Waals surface area (Å²) in [5, 5.41) is 3.59. The van der Waals surface area contributed by atoms with Gasteiger partial charge in [-0.15, -0.1) is 0 Å². The first kappa shape index (κ1) is 11.4. The van der Waals surface area contributed by atoms with E-state index >= 15 is 0 Å². The molecule has 0 radical (unpaired) electrons. The highest BCUT2D eigenvalue weighted by Gasteiger charge is 2.24. The Hall–Kier alpha value is -0.0800. The van der Waals surface area contributed by atoms with Gasteiger partial charge in [-0.25, -0.2) is 0 Å². The predicted octanol–water partition coefficient (Wildman–Crippen LogP) is 2.25. The molecule has 0 aromatic heterocycles. The average Bonchev–Trinajstić information content (AvgIpc) is 2.71. The molecule has 0 bridgehead atoms. The molecule has 1 saturated heterocycles. The minimum atomic E-state index is 0.773. The molecular formula is C13H26N2. The van der Waals surface area contributed by atoms with E-state index in [1.54, 1.807) is 0 Å². The van der Waals surface area contributed by atoms with Crippen molar-refractivity contribution in [3.05, 3.63) is 0 Å². The van der Waals surface area contributed by atoms with Gasteiger partial charge in [-0.2, -0.15) is 0 Å². The minimum Gasteiger partial charge on any atom is -0.313 e.